The van der Waals surface area contributed by atoms with E-state index in [4.69, 9.17) is 16.7 Å². The summed E-state index contributed by atoms with van der Waals surface area (Å²) >= 11 is 6.03. The van der Waals surface area contributed by atoms with Crippen molar-refractivity contribution >= 4 is 23.4 Å². The standard InChI is InChI=1S/C22H21ClN8O2/c1-12-7-18-16(11-30(12)21(32)14-3-4-17(23)15(8-14)9-24)20-22(33)29(5-6-31(20)27-18)13(2)19-10-25-28-26-19/h3-4,8,10,12-13H,5-7,11H2,1-2H3,(H,25,26,28)/t12-,13+/m1/s1. The van der Waals surface area contributed by atoms with Crippen LogP contribution in [0.15, 0.2) is 24.4 Å². The van der Waals surface area contributed by atoms with Crippen LogP contribution >= 0.6 is 11.6 Å². The summed E-state index contributed by atoms with van der Waals surface area (Å²) in [6, 6.07) is 6.35. The van der Waals surface area contributed by atoms with Gasteiger partial charge in [-0.05, 0) is 32.0 Å². The molecule has 0 spiro atoms. The van der Waals surface area contributed by atoms with Gasteiger partial charge in [-0.1, -0.05) is 11.6 Å². The zero-order valence-electron chi connectivity index (χ0n) is 18.1. The lowest BCUT2D eigenvalue weighted by molar-refractivity contribution is 0.0602. The first-order chi connectivity index (χ1) is 15.9. The first kappa shape index (κ1) is 21.2. The Morgan fingerprint density at radius 3 is 2.91 bits per heavy atom. The minimum absolute atomic E-state index is 0.108. The highest BCUT2D eigenvalue weighted by Crippen LogP contribution is 2.32. The average molecular weight is 465 g/mol. The Balaban J connectivity index is 1.46. The Morgan fingerprint density at radius 2 is 2.18 bits per heavy atom. The van der Waals surface area contributed by atoms with E-state index in [0.29, 0.717) is 41.5 Å². The van der Waals surface area contributed by atoms with Gasteiger partial charge in [0.15, 0.2) is 0 Å². The predicted molar refractivity (Wildman–Crippen MR) is 117 cm³/mol. The summed E-state index contributed by atoms with van der Waals surface area (Å²) in [6.45, 7) is 5.23. The minimum Gasteiger partial charge on any atom is -0.331 e. The number of nitrogens with one attached hydrogen (secondary N) is 1. The lowest BCUT2D eigenvalue weighted by atomic mass is 9.97. The van der Waals surface area contributed by atoms with Gasteiger partial charge < -0.3 is 9.80 Å². The van der Waals surface area contributed by atoms with Gasteiger partial charge in [-0.2, -0.15) is 25.8 Å². The van der Waals surface area contributed by atoms with Crippen LogP contribution in [-0.4, -0.2) is 59.4 Å². The molecule has 168 valence electrons. The second kappa shape index (κ2) is 8.01. The largest absolute Gasteiger partial charge is 0.331 e. The van der Waals surface area contributed by atoms with Crippen LogP contribution in [0.25, 0.3) is 0 Å². The molecule has 1 aromatic carbocycles. The maximum absolute atomic E-state index is 13.5. The number of rotatable bonds is 3. The molecule has 4 heterocycles. The smallest absolute Gasteiger partial charge is 0.273 e. The highest BCUT2D eigenvalue weighted by Gasteiger charge is 2.38. The molecule has 0 aliphatic carbocycles. The van der Waals surface area contributed by atoms with Crippen LogP contribution in [0.2, 0.25) is 5.02 Å². The number of hydrogen-bond donors (Lipinski definition) is 1. The number of amides is 2. The Hall–Kier alpha value is -3.71. The van der Waals surface area contributed by atoms with Crippen LogP contribution < -0.4 is 0 Å². The van der Waals surface area contributed by atoms with Gasteiger partial charge >= 0.3 is 0 Å². The first-order valence-corrected chi connectivity index (χ1v) is 11.0. The molecule has 2 aromatic heterocycles. The van der Waals surface area contributed by atoms with E-state index in [-0.39, 0.29) is 36.0 Å². The van der Waals surface area contributed by atoms with E-state index in [0.717, 1.165) is 11.3 Å². The molecule has 0 radical (unpaired) electrons. The molecule has 5 rings (SSSR count). The second-order valence-corrected chi connectivity index (χ2v) is 8.77. The van der Waals surface area contributed by atoms with Crippen molar-refractivity contribution in [3.63, 3.8) is 0 Å². The quantitative estimate of drug-likeness (QED) is 0.634. The number of aromatic nitrogens is 5. The number of nitriles is 1. The van der Waals surface area contributed by atoms with Crippen molar-refractivity contribution in [3.8, 4) is 6.07 Å². The Bertz CT molecular complexity index is 1290. The number of carbonyl (C=O) groups excluding carboxylic acids is 2. The maximum Gasteiger partial charge on any atom is 0.273 e. The van der Waals surface area contributed by atoms with Crippen LogP contribution in [0.5, 0.6) is 0 Å². The van der Waals surface area contributed by atoms with Crippen LogP contribution in [0.4, 0.5) is 0 Å². The van der Waals surface area contributed by atoms with Gasteiger partial charge in [0.25, 0.3) is 11.8 Å². The van der Waals surface area contributed by atoms with Crippen molar-refractivity contribution in [1.82, 2.24) is 35.0 Å². The lowest BCUT2D eigenvalue weighted by Crippen LogP contribution is -2.44. The van der Waals surface area contributed by atoms with Gasteiger partial charge in [-0.3, -0.25) is 14.3 Å². The molecule has 0 saturated heterocycles. The molecule has 0 unspecified atom stereocenters. The first-order valence-electron chi connectivity index (χ1n) is 10.6. The van der Waals surface area contributed by atoms with Crippen molar-refractivity contribution in [1.29, 1.82) is 5.26 Å². The summed E-state index contributed by atoms with van der Waals surface area (Å²) in [7, 11) is 0. The van der Waals surface area contributed by atoms with Crippen LogP contribution in [0, 0.1) is 11.3 Å². The summed E-state index contributed by atoms with van der Waals surface area (Å²) in [5, 5.41) is 24.8. The highest BCUT2D eigenvalue weighted by atomic mass is 35.5. The topological polar surface area (TPSA) is 124 Å². The summed E-state index contributed by atoms with van der Waals surface area (Å²) in [4.78, 5) is 30.3. The number of benzene rings is 1. The molecule has 3 aromatic rings. The Morgan fingerprint density at radius 1 is 1.36 bits per heavy atom. The van der Waals surface area contributed by atoms with E-state index < -0.39 is 0 Å². The predicted octanol–water partition coefficient (Wildman–Crippen LogP) is 2.33. The third kappa shape index (κ3) is 3.45. The van der Waals surface area contributed by atoms with Gasteiger partial charge in [0.1, 0.15) is 17.5 Å². The number of nitrogens with zero attached hydrogens (tertiary/aromatic N) is 7. The monoisotopic (exact) mass is 464 g/mol. The molecule has 33 heavy (non-hydrogen) atoms. The molecule has 2 aliphatic heterocycles. The van der Waals surface area contributed by atoms with Crippen molar-refractivity contribution < 1.29 is 9.59 Å². The van der Waals surface area contributed by atoms with E-state index in [1.54, 1.807) is 32.8 Å². The Labute approximate surface area is 194 Å². The number of fused-ring (bicyclic) bond motifs is 3. The number of halogens is 1. The fourth-order valence-corrected chi connectivity index (χ4v) is 4.72. The minimum atomic E-state index is -0.241. The number of hydrogen-bond acceptors (Lipinski definition) is 6. The van der Waals surface area contributed by atoms with Crippen LogP contribution in [0.1, 0.15) is 63.3 Å². The van der Waals surface area contributed by atoms with Crippen LogP contribution in [0.3, 0.4) is 0 Å². The maximum atomic E-state index is 13.5. The highest BCUT2D eigenvalue weighted by molar-refractivity contribution is 6.31. The molecule has 2 aliphatic rings. The fraction of sp³-hybridized carbons (Fsp3) is 0.364. The molecule has 2 atom stereocenters. The summed E-state index contributed by atoms with van der Waals surface area (Å²) in [6.07, 6.45) is 2.16. The van der Waals surface area contributed by atoms with Gasteiger partial charge in [0.05, 0.1) is 41.6 Å². The molecule has 0 saturated carbocycles. The molecule has 11 heteroatoms. The molecule has 10 nitrogen and oxygen atoms in total. The second-order valence-electron chi connectivity index (χ2n) is 8.36. The van der Waals surface area contributed by atoms with Crippen LogP contribution in [-0.2, 0) is 19.5 Å². The summed E-state index contributed by atoms with van der Waals surface area (Å²) in [5.74, 6) is -0.344. The number of H-pyrrole nitrogens is 1. The van der Waals surface area contributed by atoms with Crippen molar-refractivity contribution in [3.05, 3.63) is 63.2 Å². The van der Waals surface area contributed by atoms with Crippen molar-refractivity contribution in [2.45, 2.75) is 45.4 Å². The molecule has 2 amide bonds. The SMILES string of the molecule is C[C@@H]1Cc2nn3c(c2CN1C(=O)c1ccc(Cl)c(C#N)c1)C(=O)N([C@@H](C)c1cn[nH]n1)CC3. The molecule has 1 N–H and O–H groups in total. The molecular weight excluding hydrogens is 444 g/mol. The lowest BCUT2D eigenvalue weighted by Gasteiger charge is -2.35. The van der Waals surface area contributed by atoms with E-state index in [1.165, 1.54) is 6.07 Å². The normalized spacial score (nSPS) is 18.5. The summed E-state index contributed by atoms with van der Waals surface area (Å²) in [5.41, 5.74) is 3.47. The number of aromatic amines is 1. The molecule has 0 fully saturated rings. The van der Waals surface area contributed by atoms with Gasteiger partial charge in [-0.15, -0.1) is 0 Å². The van der Waals surface area contributed by atoms with Gasteiger partial charge in [-0.25, -0.2) is 0 Å². The third-order valence-electron chi connectivity index (χ3n) is 6.42. The van der Waals surface area contributed by atoms with E-state index in [2.05, 4.69) is 15.4 Å². The van der Waals surface area contributed by atoms with Crippen molar-refractivity contribution in [2.24, 2.45) is 0 Å². The third-order valence-corrected chi connectivity index (χ3v) is 6.75. The summed E-state index contributed by atoms with van der Waals surface area (Å²) < 4.78 is 1.76. The van der Waals surface area contributed by atoms with Crippen molar-refractivity contribution in [2.75, 3.05) is 6.54 Å². The Kier molecular flexibility index (Phi) is 5.13. The van der Waals surface area contributed by atoms with Gasteiger partial charge in [0.2, 0.25) is 0 Å². The zero-order valence-corrected chi connectivity index (χ0v) is 18.9. The van der Waals surface area contributed by atoms with E-state index in [9.17, 15) is 14.9 Å². The zero-order chi connectivity index (χ0) is 23.3. The van der Waals surface area contributed by atoms with E-state index >= 15 is 0 Å². The van der Waals surface area contributed by atoms with Gasteiger partial charge in [0, 0.05) is 30.1 Å². The van der Waals surface area contributed by atoms with E-state index in [1.807, 2.05) is 19.9 Å². The molecular formula is C22H21ClN8O2. The molecule has 0 bridgehead atoms. The number of carbonyl (C=O) groups is 2. The average Bonchev–Trinajstić information content (AvgIpc) is 3.46. The fourth-order valence-electron chi connectivity index (χ4n) is 4.56.